The van der Waals surface area contributed by atoms with Crippen LogP contribution in [0, 0.1) is 20.8 Å². The molecule has 0 unspecified atom stereocenters. The molecule has 7 heteroatoms. The van der Waals surface area contributed by atoms with E-state index in [0.717, 1.165) is 11.3 Å². The zero-order valence-electron chi connectivity index (χ0n) is 14.8. The molecule has 25 heavy (non-hydrogen) atoms. The number of nitrogens with one attached hydrogen (secondary N) is 1. The summed E-state index contributed by atoms with van der Waals surface area (Å²) in [6.07, 6.45) is 0. The number of ether oxygens (including phenoxy) is 1. The van der Waals surface area contributed by atoms with Crippen LogP contribution in [0.1, 0.15) is 27.3 Å². The fourth-order valence-corrected chi connectivity index (χ4v) is 2.54. The van der Waals surface area contributed by atoms with E-state index in [-0.39, 0.29) is 11.6 Å². The second-order valence-electron chi connectivity index (χ2n) is 5.87. The van der Waals surface area contributed by atoms with Crippen LogP contribution in [0.3, 0.4) is 0 Å². The summed E-state index contributed by atoms with van der Waals surface area (Å²) < 4.78 is 7.06. The smallest absolute Gasteiger partial charge is 0.348 e. The molecule has 0 atom stereocenters. The molecule has 0 aliphatic heterocycles. The summed E-state index contributed by atoms with van der Waals surface area (Å²) in [6.45, 7) is 6.91. The van der Waals surface area contributed by atoms with Gasteiger partial charge in [0.25, 0.3) is 5.91 Å². The SMILES string of the molecule is Cc1ccc(OCCN)c(C(=O)NCCn2c(C)cc(C)nc2=O)c1. The molecular weight excluding hydrogens is 320 g/mol. The first-order valence-corrected chi connectivity index (χ1v) is 8.19. The van der Waals surface area contributed by atoms with E-state index in [1.54, 1.807) is 19.1 Å². The van der Waals surface area contributed by atoms with E-state index in [2.05, 4.69) is 10.3 Å². The Balaban J connectivity index is 2.06. The minimum Gasteiger partial charge on any atom is -0.491 e. The van der Waals surface area contributed by atoms with Crippen LogP contribution in [0.25, 0.3) is 0 Å². The van der Waals surface area contributed by atoms with E-state index in [4.69, 9.17) is 10.5 Å². The monoisotopic (exact) mass is 344 g/mol. The highest BCUT2D eigenvalue weighted by molar-refractivity contribution is 5.97. The average Bonchev–Trinajstić information content (AvgIpc) is 2.55. The van der Waals surface area contributed by atoms with Crippen molar-refractivity contribution in [3.05, 3.63) is 57.3 Å². The van der Waals surface area contributed by atoms with Crippen LogP contribution in [0.5, 0.6) is 5.75 Å². The minimum absolute atomic E-state index is 0.249. The maximum absolute atomic E-state index is 12.5. The summed E-state index contributed by atoms with van der Waals surface area (Å²) in [5, 5.41) is 2.82. The Labute approximate surface area is 146 Å². The normalized spacial score (nSPS) is 10.6. The Kier molecular flexibility index (Phi) is 6.30. The molecule has 1 amide bonds. The van der Waals surface area contributed by atoms with Gasteiger partial charge < -0.3 is 15.8 Å². The molecule has 7 nitrogen and oxygen atoms in total. The summed E-state index contributed by atoms with van der Waals surface area (Å²) in [4.78, 5) is 28.3. The van der Waals surface area contributed by atoms with Crippen LogP contribution >= 0.6 is 0 Å². The summed E-state index contributed by atoms with van der Waals surface area (Å²) in [5.74, 6) is 0.250. The van der Waals surface area contributed by atoms with Gasteiger partial charge in [-0.2, -0.15) is 4.98 Å². The molecule has 0 fully saturated rings. The fourth-order valence-electron chi connectivity index (χ4n) is 2.54. The molecule has 134 valence electrons. The Morgan fingerprint density at radius 2 is 2.04 bits per heavy atom. The average molecular weight is 344 g/mol. The van der Waals surface area contributed by atoms with E-state index in [1.807, 2.05) is 26.0 Å². The summed E-state index contributed by atoms with van der Waals surface area (Å²) in [5.41, 5.74) is 8.06. The zero-order chi connectivity index (χ0) is 18.4. The van der Waals surface area contributed by atoms with Gasteiger partial charge in [0.1, 0.15) is 12.4 Å². The lowest BCUT2D eigenvalue weighted by Gasteiger charge is -2.13. The number of benzene rings is 1. The molecule has 3 N–H and O–H groups in total. The fraction of sp³-hybridized carbons (Fsp3) is 0.389. The van der Waals surface area contributed by atoms with E-state index < -0.39 is 0 Å². The summed E-state index contributed by atoms with van der Waals surface area (Å²) in [7, 11) is 0. The van der Waals surface area contributed by atoms with Gasteiger partial charge in [-0.25, -0.2) is 4.79 Å². The van der Waals surface area contributed by atoms with Crippen LogP contribution in [0.4, 0.5) is 0 Å². The molecule has 1 heterocycles. The van der Waals surface area contributed by atoms with Crippen LogP contribution in [-0.4, -0.2) is 35.2 Å². The molecular formula is C18H24N4O3. The number of carbonyl (C=O) groups is 1. The highest BCUT2D eigenvalue weighted by atomic mass is 16.5. The van der Waals surface area contributed by atoms with Gasteiger partial charge >= 0.3 is 5.69 Å². The molecule has 2 rings (SSSR count). The molecule has 0 spiro atoms. The Morgan fingerprint density at radius 3 is 2.72 bits per heavy atom. The molecule has 0 aliphatic carbocycles. The van der Waals surface area contributed by atoms with Crippen molar-refractivity contribution in [1.29, 1.82) is 0 Å². The predicted octanol–water partition coefficient (Wildman–Crippen LogP) is 0.936. The van der Waals surface area contributed by atoms with Crippen molar-refractivity contribution in [1.82, 2.24) is 14.9 Å². The Hall–Kier alpha value is -2.67. The number of rotatable bonds is 7. The van der Waals surface area contributed by atoms with E-state index in [1.165, 1.54) is 4.57 Å². The first kappa shape index (κ1) is 18.7. The third kappa shape index (κ3) is 4.90. The van der Waals surface area contributed by atoms with Gasteiger partial charge in [0, 0.05) is 31.0 Å². The summed E-state index contributed by atoms with van der Waals surface area (Å²) >= 11 is 0. The standard InChI is InChI=1S/C18H24N4O3/c1-12-4-5-16(25-9-6-19)15(10-12)17(23)20-7-8-22-14(3)11-13(2)21-18(22)24/h4-5,10-11H,6-9,19H2,1-3H3,(H,20,23). The zero-order valence-corrected chi connectivity index (χ0v) is 14.8. The maximum atomic E-state index is 12.5. The highest BCUT2D eigenvalue weighted by Gasteiger charge is 2.13. The van der Waals surface area contributed by atoms with Crippen LogP contribution < -0.4 is 21.5 Å². The topological polar surface area (TPSA) is 99.2 Å². The number of hydrogen-bond donors (Lipinski definition) is 2. The lowest BCUT2D eigenvalue weighted by Crippen LogP contribution is -2.33. The lowest BCUT2D eigenvalue weighted by atomic mass is 10.1. The van der Waals surface area contributed by atoms with Crippen molar-refractivity contribution >= 4 is 5.91 Å². The van der Waals surface area contributed by atoms with E-state index in [9.17, 15) is 9.59 Å². The largest absolute Gasteiger partial charge is 0.491 e. The molecule has 0 bridgehead atoms. The molecule has 1 aromatic heterocycles. The number of hydrogen-bond acceptors (Lipinski definition) is 5. The number of amides is 1. The Bertz CT molecular complexity index is 814. The van der Waals surface area contributed by atoms with Gasteiger partial charge in [0.05, 0.1) is 5.56 Å². The molecule has 0 saturated carbocycles. The van der Waals surface area contributed by atoms with Crippen molar-refractivity contribution in [2.75, 3.05) is 19.7 Å². The van der Waals surface area contributed by atoms with Crippen molar-refractivity contribution in [2.45, 2.75) is 27.3 Å². The molecule has 1 aromatic carbocycles. The molecule has 0 aliphatic rings. The number of nitrogens with zero attached hydrogens (tertiary/aromatic N) is 2. The van der Waals surface area contributed by atoms with Crippen LogP contribution in [-0.2, 0) is 6.54 Å². The van der Waals surface area contributed by atoms with Crippen molar-refractivity contribution < 1.29 is 9.53 Å². The first-order valence-electron chi connectivity index (χ1n) is 8.19. The molecule has 0 radical (unpaired) electrons. The van der Waals surface area contributed by atoms with Gasteiger partial charge in [-0.3, -0.25) is 9.36 Å². The van der Waals surface area contributed by atoms with Gasteiger partial charge in [-0.05, 0) is 39.0 Å². The predicted molar refractivity (Wildman–Crippen MR) is 96.0 cm³/mol. The highest BCUT2D eigenvalue weighted by Crippen LogP contribution is 2.19. The van der Waals surface area contributed by atoms with Gasteiger partial charge in [0.15, 0.2) is 0 Å². The minimum atomic E-state index is -0.311. The second kappa shape index (κ2) is 8.43. The van der Waals surface area contributed by atoms with E-state index >= 15 is 0 Å². The Morgan fingerprint density at radius 1 is 1.28 bits per heavy atom. The van der Waals surface area contributed by atoms with Gasteiger partial charge in [0.2, 0.25) is 0 Å². The number of aromatic nitrogens is 2. The lowest BCUT2D eigenvalue weighted by molar-refractivity contribution is 0.0948. The molecule has 0 saturated heterocycles. The van der Waals surface area contributed by atoms with Gasteiger partial charge in [-0.1, -0.05) is 11.6 Å². The van der Waals surface area contributed by atoms with Crippen molar-refractivity contribution in [3.63, 3.8) is 0 Å². The maximum Gasteiger partial charge on any atom is 0.348 e. The second-order valence-corrected chi connectivity index (χ2v) is 5.87. The quantitative estimate of drug-likeness (QED) is 0.779. The third-order valence-electron chi connectivity index (χ3n) is 3.72. The number of aryl methyl sites for hydroxylation is 3. The molecule has 2 aromatic rings. The van der Waals surface area contributed by atoms with E-state index in [0.29, 0.717) is 43.2 Å². The summed E-state index contributed by atoms with van der Waals surface area (Å²) in [6, 6.07) is 7.25. The van der Waals surface area contributed by atoms with Crippen LogP contribution in [0.2, 0.25) is 0 Å². The third-order valence-corrected chi connectivity index (χ3v) is 3.72. The van der Waals surface area contributed by atoms with Gasteiger partial charge in [-0.15, -0.1) is 0 Å². The number of nitrogens with two attached hydrogens (primary N) is 1. The number of carbonyl (C=O) groups excluding carboxylic acids is 1. The van der Waals surface area contributed by atoms with Crippen molar-refractivity contribution in [2.24, 2.45) is 5.73 Å². The van der Waals surface area contributed by atoms with Crippen molar-refractivity contribution in [3.8, 4) is 5.75 Å². The van der Waals surface area contributed by atoms with Crippen LogP contribution in [0.15, 0.2) is 29.1 Å². The first-order chi connectivity index (χ1) is 11.9.